The third-order valence-corrected chi connectivity index (χ3v) is 3.41. The average Bonchev–Trinajstić information content (AvgIpc) is 2.37. The second kappa shape index (κ2) is 6.56. The fourth-order valence-corrected chi connectivity index (χ4v) is 2.09. The third-order valence-electron chi connectivity index (χ3n) is 3.12. The van der Waals surface area contributed by atoms with Gasteiger partial charge in [0.1, 0.15) is 11.5 Å². The molecule has 2 unspecified atom stereocenters. The lowest BCUT2D eigenvalue weighted by Gasteiger charge is -2.20. The zero-order valence-electron chi connectivity index (χ0n) is 11.5. The van der Waals surface area contributed by atoms with E-state index in [0.29, 0.717) is 10.8 Å². The highest BCUT2D eigenvalue weighted by molar-refractivity contribution is 6.32. The molecule has 0 aliphatic rings. The highest BCUT2D eigenvalue weighted by Gasteiger charge is 2.19. The number of methoxy groups -OCH3 is 2. The van der Waals surface area contributed by atoms with E-state index in [1.807, 2.05) is 13.0 Å². The first-order valence-electron chi connectivity index (χ1n) is 5.88. The fourth-order valence-electron chi connectivity index (χ4n) is 1.86. The maximum absolute atomic E-state index is 6.09. The van der Waals surface area contributed by atoms with Gasteiger partial charge in [0.05, 0.1) is 19.2 Å². The Morgan fingerprint density at radius 3 is 2.22 bits per heavy atom. The van der Waals surface area contributed by atoms with Gasteiger partial charge < -0.3 is 9.47 Å². The van der Waals surface area contributed by atoms with E-state index in [1.54, 1.807) is 20.3 Å². The Kier molecular flexibility index (Phi) is 5.37. The van der Waals surface area contributed by atoms with Gasteiger partial charge in [-0.25, -0.2) is 0 Å². The number of ether oxygens (including phenoxy) is 2. The molecule has 0 bridgehead atoms. The first-order chi connectivity index (χ1) is 8.54. The van der Waals surface area contributed by atoms with Crippen molar-refractivity contribution in [3.63, 3.8) is 0 Å². The summed E-state index contributed by atoms with van der Waals surface area (Å²) in [6, 6.07) is 3.72. The lowest BCUT2D eigenvalue weighted by atomic mass is 9.88. The zero-order chi connectivity index (χ0) is 13.7. The maximum atomic E-state index is 6.09. The van der Waals surface area contributed by atoms with Crippen LogP contribution in [0.5, 0.6) is 11.5 Å². The van der Waals surface area contributed by atoms with E-state index in [0.717, 1.165) is 11.3 Å². The Morgan fingerprint density at radius 1 is 1.11 bits per heavy atom. The summed E-state index contributed by atoms with van der Waals surface area (Å²) in [6.45, 7) is 6.07. The molecule has 0 heterocycles. The second-order valence-electron chi connectivity index (χ2n) is 4.20. The summed E-state index contributed by atoms with van der Waals surface area (Å²) in [4.78, 5) is 0. The van der Waals surface area contributed by atoms with Crippen LogP contribution in [0.4, 0.5) is 0 Å². The van der Waals surface area contributed by atoms with Crippen LogP contribution in [0, 0.1) is 17.8 Å². The number of hydrogen-bond acceptors (Lipinski definition) is 2. The molecule has 0 N–H and O–H groups in total. The lowest BCUT2D eigenvalue weighted by molar-refractivity contribution is 0.393. The van der Waals surface area contributed by atoms with E-state index in [9.17, 15) is 0 Å². The molecule has 0 aliphatic carbocycles. The summed E-state index contributed by atoms with van der Waals surface area (Å²) in [5.41, 5.74) is 1.06. The summed E-state index contributed by atoms with van der Waals surface area (Å²) in [5.74, 6) is 8.05. The summed E-state index contributed by atoms with van der Waals surface area (Å²) >= 11 is 6.09. The molecule has 1 rings (SSSR count). The number of halogens is 1. The van der Waals surface area contributed by atoms with E-state index in [2.05, 4.69) is 25.7 Å². The maximum Gasteiger partial charge on any atom is 0.138 e. The van der Waals surface area contributed by atoms with Crippen LogP contribution in [0.1, 0.15) is 32.3 Å². The van der Waals surface area contributed by atoms with Crippen molar-refractivity contribution in [2.75, 3.05) is 14.2 Å². The number of hydrogen-bond donors (Lipinski definition) is 0. The van der Waals surface area contributed by atoms with E-state index in [-0.39, 0.29) is 11.8 Å². The van der Waals surface area contributed by atoms with Gasteiger partial charge in [0.15, 0.2) is 0 Å². The van der Waals surface area contributed by atoms with Crippen molar-refractivity contribution in [2.45, 2.75) is 26.7 Å². The van der Waals surface area contributed by atoms with E-state index in [4.69, 9.17) is 21.1 Å². The van der Waals surface area contributed by atoms with Crippen molar-refractivity contribution >= 4 is 11.6 Å². The number of rotatable bonds is 4. The van der Waals surface area contributed by atoms with Crippen molar-refractivity contribution in [1.29, 1.82) is 0 Å². The second-order valence-corrected chi connectivity index (χ2v) is 4.61. The van der Waals surface area contributed by atoms with Crippen LogP contribution in [0.2, 0.25) is 5.02 Å². The fraction of sp³-hybridized carbons (Fsp3) is 0.467. The molecule has 2 atom stereocenters. The van der Waals surface area contributed by atoms with Crippen LogP contribution in [-0.4, -0.2) is 14.2 Å². The van der Waals surface area contributed by atoms with Gasteiger partial charge >= 0.3 is 0 Å². The Hall–Kier alpha value is -1.33. The third kappa shape index (κ3) is 3.11. The molecule has 0 amide bonds. The summed E-state index contributed by atoms with van der Waals surface area (Å²) in [5, 5.41) is 0.555. The minimum atomic E-state index is 0.245. The zero-order valence-corrected chi connectivity index (χ0v) is 12.3. The topological polar surface area (TPSA) is 18.5 Å². The first kappa shape index (κ1) is 14.7. The molecular formula is C15H19ClO2. The first-order valence-corrected chi connectivity index (χ1v) is 6.26. The van der Waals surface area contributed by atoms with Gasteiger partial charge in [-0.3, -0.25) is 0 Å². The van der Waals surface area contributed by atoms with Gasteiger partial charge in [-0.2, -0.15) is 0 Å². The van der Waals surface area contributed by atoms with Gasteiger partial charge in [-0.15, -0.1) is 5.92 Å². The molecule has 0 spiro atoms. The van der Waals surface area contributed by atoms with Gasteiger partial charge in [0.25, 0.3) is 0 Å². The predicted octanol–water partition coefficient (Wildman–Crippen LogP) is 4.12. The van der Waals surface area contributed by atoms with Crippen molar-refractivity contribution in [1.82, 2.24) is 0 Å². The smallest absolute Gasteiger partial charge is 0.138 e. The Labute approximate surface area is 114 Å². The van der Waals surface area contributed by atoms with Crippen molar-refractivity contribution < 1.29 is 9.47 Å². The Balaban J connectivity index is 3.23. The summed E-state index contributed by atoms with van der Waals surface area (Å²) < 4.78 is 10.6. The molecule has 98 valence electrons. The quantitative estimate of drug-likeness (QED) is 0.763. The van der Waals surface area contributed by atoms with Crippen molar-refractivity contribution in [2.24, 2.45) is 5.92 Å². The molecule has 0 aliphatic heterocycles. The SMILES string of the molecule is CC#CC(C)C(C)c1cc(OC)c(Cl)cc1OC. The summed E-state index contributed by atoms with van der Waals surface area (Å²) in [6.07, 6.45) is 0. The van der Waals surface area contributed by atoms with Crippen LogP contribution in [0.15, 0.2) is 12.1 Å². The standard InChI is InChI=1S/C15H19ClO2/c1-6-7-10(2)11(3)12-8-15(18-5)13(16)9-14(12)17-4/h8-11H,1-5H3. The van der Waals surface area contributed by atoms with Crippen molar-refractivity contribution in [3.05, 3.63) is 22.7 Å². The average molecular weight is 267 g/mol. The largest absolute Gasteiger partial charge is 0.496 e. The normalized spacial score (nSPS) is 13.2. The molecular weight excluding hydrogens is 248 g/mol. The molecule has 1 aromatic rings. The van der Waals surface area contributed by atoms with Crippen LogP contribution < -0.4 is 9.47 Å². The van der Waals surface area contributed by atoms with Gasteiger partial charge in [-0.05, 0) is 18.9 Å². The minimum Gasteiger partial charge on any atom is -0.496 e. The monoisotopic (exact) mass is 266 g/mol. The molecule has 1 aromatic carbocycles. The lowest BCUT2D eigenvalue weighted by Crippen LogP contribution is -2.06. The molecule has 0 aromatic heterocycles. The molecule has 3 heteroatoms. The van der Waals surface area contributed by atoms with E-state index in [1.165, 1.54) is 0 Å². The molecule has 0 radical (unpaired) electrons. The Morgan fingerprint density at radius 2 is 1.72 bits per heavy atom. The van der Waals surface area contributed by atoms with Gasteiger partial charge in [0, 0.05) is 17.5 Å². The van der Waals surface area contributed by atoms with Crippen LogP contribution in [0.25, 0.3) is 0 Å². The van der Waals surface area contributed by atoms with Crippen LogP contribution in [0.3, 0.4) is 0 Å². The van der Waals surface area contributed by atoms with E-state index >= 15 is 0 Å². The highest BCUT2D eigenvalue weighted by Crippen LogP contribution is 2.38. The van der Waals surface area contributed by atoms with Gasteiger partial charge in [-0.1, -0.05) is 31.4 Å². The molecule has 0 saturated carbocycles. The number of benzene rings is 1. The van der Waals surface area contributed by atoms with E-state index < -0.39 is 0 Å². The van der Waals surface area contributed by atoms with Crippen LogP contribution >= 0.6 is 11.6 Å². The molecule has 2 nitrogen and oxygen atoms in total. The van der Waals surface area contributed by atoms with Crippen molar-refractivity contribution in [3.8, 4) is 23.3 Å². The van der Waals surface area contributed by atoms with Crippen LogP contribution in [-0.2, 0) is 0 Å². The molecule has 18 heavy (non-hydrogen) atoms. The summed E-state index contributed by atoms with van der Waals surface area (Å²) in [7, 11) is 3.25. The molecule has 0 saturated heterocycles. The highest BCUT2D eigenvalue weighted by atomic mass is 35.5. The minimum absolute atomic E-state index is 0.245. The molecule has 0 fully saturated rings. The predicted molar refractivity (Wildman–Crippen MR) is 75.6 cm³/mol. The Bertz CT molecular complexity index is 471. The van der Waals surface area contributed by atoms with Gasteiger partial charge in [0.2, 0.25) is 0 Å².